The van der Waals surface area contributed by atoms with Crippen LogP contribution in [0, 0.1) is 19.7 Å². The molecule has 0 aliphatic rings. The van der Waals surface area contributed by atoms with Crippen LogP contribution in [0.15, 0.2) is 28.8 Å². The fraction of sp³-hybridized carbons (Fsp3) is 0.400. The minimum Gasteiger partial charge on any atom is -0.339 e. The predicted molar refractivity (Wildman–Crippen MR) is 103 cm³/mol. The lowest BCUT2D eigenvalue weighted by atomic mass is 10.2. The van der Waals surface area contributed by atoms with Crippen LogP contribution in [0.5, 0.6) is 0 Å². The molecular weight excluding hydrogens is 361 g/mol. The van der Waals surface area contributed by atoms with Gasteiger partial charge in [-0.2, -0.15) is 10.1 Å². The van der Waals surface area contributed by atoms with Crippen LogP contribution < -0.4 is 5.32 Å². The first-order chi connectivity index (χ1) is 13.5. The maximum absolute atomic E-state index is 14.5. The number of nitrogens with one attached hydrogen (secondary N) is 1. The van der Waals surface area contributed by atoms with Gasteiger partial charge in [0.15, 0.2) is 11.6 Å². The molecule has 148 valence electrons. The number of carbonyl (C=O) groups excluding carboxylic acids is 1. The van der Waals surface area contributed by atoms with Gasteiger partial charge in [-0.3, -0.25) is 4.79 Å². The lowest BCUT2D eigenvalue weighted by Gasteiger charge is -2.09. The zero-order chi connectivity index (χ0) is 20.1. The Morgan fingerprint density at radius 1 is 1.25 bits per heavy atom. The van der Waals surface area contributed by atoms with Crippen LogP contribution in [0.2, 0.25) is 0 Å². The zero-order valence-corrected chi connectivity index (χ0v) is 16.3. The van der Waals surface area contributed by atoms with E-state index in [2.05, 4.69) is 20.6 Å². The fourth-order valence-corrected chi connectivity index (χ4v) is 2.97. The molecular formula is C20H24FN5O2. The van der Waals surface area contributed by atoms with Gasteiger partial charge in [0, 0.05) is 30.6 Å². The minimum absolute atomic E-state index is 0.188. The van der Waals surface area contributed by atoms with Crippen molar-refractivity contribution in [3.63, 3.8) is 0 Å². The number of carbonyl (C=O) groups is 1. The summed E-state index contributed by atoms with van der Waals surface area (Å²) in [6, 6.07) is 6.46. The van der Waals surface area contributed by atoms with Crippen LogP contribution in [0.25, 0.3) is 5.69 Å². The quantitative estimate of drug-likeness (QED) is 0.635. The van der Waals surface area contributed by atoms with Gasteiger partial charge >= 0.3 is 0 Å². The van der Waals surface area contributed by atoms with Crippen molar-refractivity contribution in [2.24, 2.45) is 0 Å². The van der Waals surface area contributed by atoms with Crippen LogP contribution in [0.4, 0.5) is 10.1 Å². The Balaban J connectivity index is 1.54. The van der Waals surface area contributed by atoms with E-state index in [9.17, 15) is 9.18 Å². The molecule has 3 rings (SSSR count). The molecule has 2 aromatic heterocycles. The van der Waals surface area contributed by atoms with E-state index in [1.807, 2.05) is 26.8 Å². The monoisotopic (exact) mass is 385 g/mol. The molecule has 0 unspecified atom stereocenters. The van der Waals surface area contributed by atoms with Gasteiger partial charge in [0.1, 0.15) is 5.69 Å². The number of aryl methyl sites for hydroxylation is 4. The molecule has 0 spiro atoms. The average molecular weight is 385 g/mol. The molecule has 1 amide bonds. The molecule has 7 nitrogen and oxygen atoms in total. The molecule has 0 saturated heterocycles. The van der Waals surface area contributed by atoms with Crippen molar-refractivity contribution < 1.29 is 13.7 Å². The third-order valence-electron chi connectivity index (χ3n) is 4.25. The summed E-state index contributed by atoms with van der Waals surface area (Å²) in [6.45, 7) is 5.77. The average Bonchev–Trinajstić information content (AvgIpc) is 3.21. The van der Waals surface area contributed by atoms with Gasteiger partial charge < -0.3 is 9.84 Å². The van der Waals surface area contributed by atoms with Gasteiger partial charge in [-0.25, -0.2) is 9.07 Å². The lowest BCUT2D eigenvalue weighted by Crippen LogP contribution is -2.12. The molecule has 8 heteroatoms. The summed E-state index contributed by atoms with van der Waals surface area (Å²) >= 11 is 0. The van der Waals surface area contributed by atoms with E-state index in [1.165, 1.54) is 6.07 Å². The SMILES string of the molecule is CCCc1noc(CCCC(=O)Nc2ccc(-n3nc(C)cc3C)c(F)c2)n1. The zero-order valence-electron chi connectivity index (χ0n) is 16.3. The molecule has 0 aliphatic heterocycles. The van der Waals surface area contributed by atoms with E-state index in [1.54, 1.807) is 16.8 Å². The minimum atomic E-state index is -0.446. The highest BCUT2D eigenvalue weighted by molar-refractivity contribution is 5.90. The number of aromatic nitrogens is 4. The summed E-state index contributed by atoms with van der Waals surface area (Å²) in [5.41, 5.74) is 2.42. The molecule has 0 radical (unpaired) electrons. The summed E-state index contributed by atoms with van der Waals surface area (Å²) in [5, 5.41) is 10.9. The first-order valence-corrected chi connectivity index (χ1v) is 9.40. The molecule has 0 fully saturated rings. The van der Waals surface area contributed by atoms with Crippen LogP contribution in [-0.2, 0) is 17.6 Å². The maximum Gasteiger partial charge on any atom is 0.226 e. The van der Waals surface area contributed by atoms with Gasteiger partial charge in [0.05, 0.1) is 5.69 Å². The number of anilines is 1. The standard InChI is InChI=1S/C20H24FN5O2/c1-4-6-18-23-20(28-25-18)8-5-7-19(27)22-15-9-10-17(16(21)12-15)26-14(3)11-13(2)24-26/h9-12H,4-8H2,1-3H3,(H,22,27). The highest BCUT2D eigenvalue weighted by Gasteiger charge is 2.12. The number of hydrogen-bond acceptors (Lipinski definition) is 5. The van der Waals surface area contributed by atoms with Crippen molar-refractivity contribution in [1.29, 1.82) is 0 Å². The molecule has 1 aromatic carbocycles. The second kappa shape index (κ2) is 8.77. The Kier molecular flexibility index (Phi) is 6.18. The predicted octanol–water partition coefficient (Wildman–Crippen LogP) is 3.93. The number of hydrogen-bond donors (Lipinski definition) is 1. The normalized spacial score (nSPS) is 11.0. The summed E-state index contributed by atoms with van der Waals surface area (Å²) < 4.78 is 21.2. The molecule has 2 heterocycles. The van der Waals surface area contributed by atoms with E-state index >= 15 is 0 Å². The van der Waals surface area contributed by atoms with Gasteiger partial charge in [-0.1, -0.05) is 12.1 Å². The lowest BCUT2D eigenvalue weighted by molar-refractivity contribution is -0.116. The number of amides is 1. The Labute approximate surface area is 162 Å². The van der Waals surface area contributed by atoms with Gasteiger partial charge in [0.2, 0.25) is 11.8 Å². The Morgan fingerprint density at radius 3 is 2.75 bits per heavy atom. The highest BCUT2D eigenvalue weighted by atomic mass is 19.1. The van der Waals surface area contributed by atoms with Crippen molar-refractivity contribution >= 4 is 11.6 Å². The molecule has 0 aliphatic carbocycles. The highest BCUT2D eigenvalue weighted by Crippen LogP contribution is 2.20. The second-order valence-electron chi connectivity index (χ2n) is 6.76. The van der Waals surface area contributed by atoms with Crippen molar-refractivity contribution in [2.75, 3.05) is 5.32 Å². The van der Waals surface area contributed by atoms with E-state index in [-0.39, 0.29) is 12.3 Å². The van der Waals surface area contributed by atoms with Crippen molar-refractivity contribution in [2.45, 2.75) is 52.9 Å². The number of nitrogens with zero attached hydrogens (tertiary/aromatic N) is 4. The first kappa shape index (κ1) is 19.7. The molecule has 0 bridgehead atoms. The summed E-state index contributed by atoms with van der Waals surface area (Å²) in [6.07, 6.45) is 3.13. The number of benzene rings is 1. The van der Waals surface area contributed by atoms with Crippen LogP contribution >= 0.6 is 0 Å². The molecule has 0 atom stereocenters. The van der Waals surface area contributed by atoms with Crippen LogP contribution in [0.3, 0.4) is 0 Å². The smallest absolute Gasteiger partial charge is 0.226 e. The Morgan fingerprint density at radius 2 is 2.07 bits per heavy atom. The van der Waals surface area contributed by atoms with Crippen LogP contribution in [0.1, 0.15) is 49.3 Å². The van der Waals surface area contributed by atoms with Gasteiger partial charge in [-0.15, -0.1) is 0 Å². The largest absolute Gasteiger partial charge is 0.339 e. The number of halogens is 1. The fourth-order valence-electron chi connectivity index (χ4n) is 2.97. The van der Waals surface area contributed by atoms with Crippen LogP contribution in [-0.4, -0.2) is 25.8 Å². The van der Waals surface area contributed by atoms with E-state index in [0.29, 0.717) is 35.9 Å². The first-order valence-electron chi connectivity index (χ1n) is 9.40. The van der Waals surface area contributed by atoms with E-state index in [4.69, 9.17) is 4.52 Å². The third kappa shape index (κ3) is 4.82. The second-order valence-corrected chi connectivity index (χ2v) is 6.76. The van der Waals surface area contributed by atoms with E-state index < -0.39 is 5.82 Å². The number of rotatable bonds is 8. The molecule has 0 saturated carbocycles. The molecule has 1 N–H and O–H groups in total. The van der Waals surface area contributed by atoms with Gasteiger partial charge in [0.25, 0.3) is 0 Å². The summed E-state index contributed by atoms with van der Waals surface area (Å²) in [5.74, 6) is 0.599. The van der Waals surface area contributed by atoms with Crippen molar-refractivity contribution in [3.05, 3.63) is 53.2 Å². The molecule has 3 aromatic rings. The summed E-state index contributed by atoms with van der Waals surface area (Å²) in [4.78, 5) is 16.4. The third-order valence-corrected chi connectivity index (χ3v) is 4.25. The summed E-state index contributed by atoms with van der Waals surface area (Å²) in [7, 11) is 0. The van der Waals surface area contributed by atoms with Crippen molar-refractivity contribution in [1.82, 2.24) is 19.9 Å². The topological polar surface area (TPSA) is 85.8 Å². The maximum atomic E-state index is 14.5. The van der Waals surface area contributed by atoms with Gasteiger partial charge in [-0.05, 0) is 51.0 Å². The molecule has 28 heavy (non-hydrogen) atoms. The Bertz CT molecular complexity index is 963. The van der Waals surface area contributed by atoms with Crippen molar-refractivity contribution in [3.8, 4) is 5.69 Å². The Hall–Kier alpha value is -3.03. The van der Waals surface area contributed by atoms with E-state index in [0.717, 1.165) is 24.2 Å².